The van der Waals surface area contributed by atoms with Crippen LogP contribution in [0.5, 0.6) is 0 Å². The fourth-order valence-corrected chi connectivity index (χ4v) is 4.33. The molecule has 0 aromatic heterocycles. The van der Waals surface area contributed by atoms with Crippen molar-refractivity contribution in [2.24, 2.45) is 16.1 Å². The van der Waals surface area contributed by atoms with Crippen molar-refractivity contribution in [2.75, 3.05) is 13.6 Å². The average Bonchev–Trinajstić information content (AvgIpc) is 3.21. The van der Waals surface area contributed by atoms with Crippen LogP contribution in [0.1, 0.15) is 52.0 Å². The van der Waals surface area contributed by atoms with Gasteiger partial charge in [0.15, 0.2) is 0 Å². The Bertz CT molecular complexity index is 1020. The van der Waals surface area contributed by atoms with Crippen LogP contribution in [0, 0.1) is 17.0 Å². The van der Waals surface area contributed by atoms with Crippen LogP contribution in [-0.2, 0) is 0 Å². The number of rotatable bonds is 4. The first kappa shape index (κ1) is 26.4. The van der Waals surface area contributed by atoms with Gasteiger partial charge in [-0.1, -0.05) is 56.7 Å². The molecule has 1 aliphatic carbocycles. The van der Waals surface area contributed by atoms with Gasteiger partial charge in [0.25, 0.3) is 0 Å². The molecule has 0 spiro atoms. The summed E-state index contributed by atoms with van der Waals surface area (Å²) in [6.45, 7) is 13.6. The molecule has 1 heterocycles. The maximum atomic E-state index is 14.1. The zero-order chi connectivity index (χ0) is 24.6. The highest BCUT2D eigenvalue weighted by molar-refractivity contribution is 6.04. The Kier molecular flexibility index (Phi) is 9.48. The molecule has 0 saturated heterocycles. The van der Waals surface area contributed by atoms with Crippen molar-refractivity contribution in [1.29, 1.82) is 0 Å². The zero-order valence-electron chi connectivity index (χ0n) is 20.3. The van der Waals surface area contributed by atoms with Crippen LogP contribution < -0.4 is 5.73 Å². The normalized spacial score (nSPS) is 16.7. The lowest BCUT2D eigenvalue weighted by atomic mass is 9.82. The van der Waals surface area contributed by atoms with E-state index in [2.05, 4.69) is 45.7 Å². The fourth-order valence-electron chi connectivity index (χ4n) is 4.33. The first-order valence-electron chi connectivity index (χ1n) is 11.5. The minimum atomic E-state index is -0.534. The Hall–Kier alpha value is -2.85. The summed E-state index contributed by atoms with van der Waals surface area (Å²) in [4.78, 5) is 4.81. The van der Waals surface area contributed by atoms with Gasteiger partial charge < -0.3 is 5.73 Å². The average molecular weight is 451 g/mol. The molecule has 0 unspecified atom stereocenters. The van der Waals surface area contributed by atoms with E-state index in [1.54, 1.807) is 0 Å². The van der Waals surface area contributed by atoms with E-state index in [-0.39, 0.29) is 11.0 Å². The number of aliphatic imine (C=N–C) groups is 1. The fraction of sp³-hybridized carbons (Fsp3) is 0.345. The van der Waals surface area contributed by atoms with Crippen molar-refractivity contribution in [1.82, 2.24) is 0 Å². The molecule has 33 heavy (non-hydrogen) atoms. The molecular weight excluding hydrogens is 414 g/mol. The first-order valence-corrected chi connectivity index (χ1v) is 11.5. The second kappa shape index (κ2) is 11.9. The van der Waals surface area contributed by atoms with Crippen LogP contribution in [0.15, 0.2) is 77.8 Å². The first-order chi connectivity index (χ1) is 15.9. The standard InChI is InChI=1S/C26H27F2N.C2H4.CH5N/c1-4-17-8-13-20(24-15-26(2,3)16-29-24)14-21(17)18-9-11-19(12-10-18)25-22(27)6-5-7-23(25)28;2*1-2/h5-7,9-12,14H,4,8,13,15-16H2,1-3H3;1-2H2;2H2,1H3. The van der Waals surface area contributed by atoms with Crippen molar-refractivity contribution in [2.45, 2.75) is 46.5 Å². The van der Waals surface area contributed by atoms with Crippen molar-refractivity contribution < 1.29 is 8.78 Å². The summed E-state index contributed by atoms with van der Waals surface area (Å²) in [7, 11) is 1.50. The van der Waals surface area contributed by atoms with Gasteiger partial charge >= 0.3 is 0 Å². The summed E-state index contributed by atoms with van der Waals surface area (Å²) >= 11 is 0. The Balaban J connectivity index is 0.000000914. The molecule has 2 nitrogen and oxygen atoms in total. The van der Waals surface area contributed by atoms with Crippen LogP contribution in [0.4, 0.5) is 8.78 Å². The molecule has 2 N–H and O–H groups in total. The molecule has 0 atom stereocenters. The predicted octanol–water partition coefficient (Wildman–Crippen LogP) is 7.76. The Morgan fingerprint density at radius 3 is 2.03 bits per heavy atom. The van der Waals surface area contributed by atoms with Gasteiger partial charge in [-0.15, -0.1) is 13.2 Å². The van der Waals surface area contributed by atoms with E-state index in [0.29, 0.717) is 5.56 Å². The summed E-state index contributed by atoms with van der Waals surface area (Å²) in [5.74, 6) is -1.07. The van der Waals surface area contributed by atoms with Crippen LogP contribution >= 0.6 is 0 Å². The molecule has 0 saturated carbocycles. The maximum Gasteiger partial charge on any atom is 0.133 e. The van der Waals surface area contributed by atoms with Gasteiger partial charge in [0.1, 0.15) is 11.6 Å². The lowest BCUT2D eigenvalue weighted by Crippen LogP contribution is -2.14. The molecule has 2 aromatic rings. The topological polar surface area (TPSA) is 38.4 Å². The maximum absolute atomic E-state index is 14.1. The molecule has 4 heteroatoms. The summed E-state index contributed by atoms with van der Waals surface area (Å²) in [6, 6.07) is 11.6. The van der Waals surface area contributed by atoms with E-state index in [1.807, 2.05) is 24.3 Å². The number of allylic oxidation sites excluding steroid dienone is 4. The monoisotopic (exact) mass is 450 g/mol. The number of hydrogen-bond donors (Lipinski definition) is 1. The highest BCUT2D eigenvalue weighted by atomic mass is 19.1. The SMILES string of the molecule is C=C.CCC1=C(c2ccc(-c3c(F)cccc3F)cc2)C=C(C2=NCC(C)(C)C2)CC1.CN. The second-order valence-corrected chi connectivity index (χ2v) is 8.82. The predicted molar refractivity (Wildman–Crippen MR) is 138 cm³/mol. The van der Waals surface area contributed by atoms with Crippen molar-refractivity contribution in [3.8, 4) is 11.1 Å². The van der Waals surface area contributed by atoms with E-state index in [0.717, 1.165) is 37.8 Å². The summed E-state index contributed by atoms with van der Waals surface area (Å²) in [5.41, 5.74) is 11.7. The third-order valence-electron chi connectivity index (χ3n) is 5.98. The molecule has 176 valence electrons. The zero-order valence-corrected chi connectivity index (χ0v) is 20.3. The minimum Gasteiger partial charge on any atom is -0.333 e. The van der Waals surface area contributed by atoms with E-state index < -0.39 is 11.6 Å². The summed E-state index contributed by atoms with van der Waals surface area (Å²) in [5, 5.41) is 0. The number of benzene rings is 2. The van der Waals surface area contributed by atoms with Gasteiger partial charge in [-0.05, 0) is 78.6 Å². The highest BCUT2D eigenvalue weighted by Crippen LogP contribution is 2.38. The van der Waals surface area contributed by atoms with E-state index in [9.17, 15) is 8.78 Å². The lowest BCUT2D eigenvalue weighted by Gasteiger charge is -2.22. The largest absolute Gasteiger partial charge is 0.333 e. The number of nitrogens with two attached hydrogens (primary N) is 1. The Morgan fingerprint density at radius 2 is 1.52 bits per heavy atom. The third kappa shape index (κ3) is 6.14. The summed E-state index contributed by atoms with van der Waals surface area (Å²) < 4.78 is 28.2. The molecular formula is C29H36F2N2. The molecule has 0 amide bonds. The molecule has 2 aliphatic rings. The van der Waals surface area contributed by atoms with E-state index in [4.69, 9.17) is 4.99 Å². The molecule has 4 rings (SSSR count). The smallest absolute Gasteiger partial charge is 0.133 e. The molecule has 0 bridgehead atoms. The van der Waals surface area contributed by atoms with Gasteiger partial charge in [0.05, 0.1) is 5.56 Å². The highest BCUT2D eigenvalue weighted by Gasteiger charge is 2.29. The third-order valence-corrected chi connectivity index (χ3v) is 5.98. The number of hydrogen-bond acceptors (Lipinski definition) is 2. The quantitative estimate of drug-likeness (QED) is 0.475. The van der Waals surface area contributed by atoms with Gasteiger partial charge in [0.2, 0.25) is 0 Å². The Labute approximate surface area is 197 Å². The second-order valence-electron chi connectivity index (χ2n) is 8.82. The van der Waals surface area contributed by atoms with Crippen molar-refractivity contribution in [3.05, 3.63) is 90.0 Å². The van der Waals surface area contributed by atoms with Gasteiger partial charge in [-0.2, -0.15) is 0 Å². The Morgan fingerprint density at radius 1 is 0.939 bits per heavy atom. The number of nitrogens with zero attached hydrogens (tertiary/aromatic N) is 1. The van der Waals surface area contributed by atoms with Crippen LogP contribution in [-0.4, -0.2) is 19.3 Å². The van der Waals surface area contributed by atoms with Crippen LogP contribution in [0.25, 0.3) is 16.7 Å². The summed E-state index contributed by atoms with van der Waals surface area (Å²) in [6.07, 6.45) is 6.40. The van der Waals surface area contributed by atoms with Gasteiger partial charge in [0, 0.05) is 12.3 Å². The van der Waals surface area contributed by atoms with Crippen molar-refractivity contribution >= 4 is 11.3 Å². The van der Waals surface area contributed by atoms with E-state index >= 15 is 0 Å². The van der Waals surface area contributed by atoms with Gasteiger partial charge in [-0.3, -0.25) is 4.99 Å². The molecule has 0 fully saturated rings. The lowest BCUT2D eigenvalue weighted by molar-refractivity contribution is 0.423. The van der Waals surface area contributed by atoms with Crippen LogP contribution in [0.2, 0.25) is 0 Å². The molecule has 0 radical (unpaired) electrons. The molecule has 2 aromatic carbocycles. The van der Waals surface area contributed by atoms with Crippen molar-refractivity contribution in [3.63, 3.8) is 0 Å². The van der Waals surface area contributed by atoms with Gasteiger partial charge in [-0.25, -0.2) is 8.78 Å². The molecule has 1 aliphatic heterocycles. The minimum absolute atomic E-state index is 0.0335. The van der Waals surface area contributed by atoms with Crippen LogP contribution in [0.3, 0.4) is 0 Å². The van der Waals surface area contributed by atoms with E-state index in [1.165, 1.54) is 47.7 Å². The number of halogens is 2.